The molecule has 0 amide bonds. The zero-order chi connectivity index (χ0) is 12.6. The van der Waals surface area contributed by atoms with Crippen molar-refractivity contribution in [1.82, 2.24) is 4.57 Å². The second kappa shape index (κ2) is 4.24. The number of hydrogen-bond acceptors (Lipinski definition) is 2. The smallest absolute Gasteiger partial charge is 0.143 e. The highest BCUT2D eigenvalue weighted by Gasteiger charge is 2.12. The van der Waals surface area contributed by atoms with Gasteiger partial charge in [-0.25, -0.2) is 0 Å². The van der Waals surface area contributed by atoms with Gasteiger partial charge in [-0.15, -0.1) is 0 Å². The molecule has 0 unspecified atom stereocenters. The number of aryl methyl sites for hydroxylation is 2. The minimum atomic E-state index is 0.179. The van der Waals surface area contributed by atoms with Crippen LogP contribution in [-0.2, 0) is 18.3 Å². The van der Waals surface area contributed by atoms with E-state index in [9.17, 15) is 4.79 Å². The van der Waals surface area contributed by atoms with Crippen LogP contribution in [-0.4, -0.2) is 17.5 Å². The van der Waals surface area contributed by atoms with Crippen molar-refractivity contribution in [2.75, 3.05) is 7.11 Å². The topological polar surface area (TPSA) is 31.2 Å². The molecule has 90 valence electrons. The highest BCUT2D eigenvalue weighted by molar-refractivity contribution is 5.93. The van der Waals surface area contributed by atoms with E-state index in [2.05, 4.69) is 6.07 Å². The summed E-state index contributed by atoms with van der Waals surface area (Å²) in [5.41, 5.74) is 3.26. The fourth-order valence-corrected chi connectivity index (χ4v) is 2.29. The summed E-state index contributed by atoms with van der Waals surface area (Å²) in [5.74, 6) is 1.04. The lowest BCUT2D eigenvalue weighted by molar-refractivity contribution is -0.116. The molecule has 0 saturated carbocycles. The molecule has 1 heterocycles. The molecule has 0 aliphatic heterocycles. The first-order valence-electron chi connectivity index (χ1n) is 5.65. The number of ether oxygens (including phenoxy) is 1. The van der Waals surface area contributed by atoms with E-state index in [1.165, 1.54) is 0 Å². The number of ketones is 1. The molecule has 1 aromatic carbocycles. The van der Waals surface area contributed by atoms with Crippen LogP contribution in [0.15, 0.2) is 18.3 Å². The van der Waals surface area contributed by atoms with Gasteiger partial charge >= 0.3 is 0 Å². The Morgan fingerprint density at radius 2 is 2.12 bits per heavy atom. The molecule has 0 aliphatic carbocycles. The van der Waals surface area contributed by atoms with Crippen LogP contribution >= 0.6 is 0 Å². The summed E-state index contributed by atoms with van der Waals surface area (Å²) in [6.07, 6.45) is 2.48. The standard InChI is InChI=1S/C14H17NO2/c1-9-5-12-11(7-10(2)16)8-15(3)14(12)13(6-9)17-4/h5-6,8H,7H2,1-4H3. The fraction of sp³-hybridized carbons (Fsp3) is 0.357. The van der Waals surface area contributed by atoms with Crippen molar-refractivity contribution < 1.29 is 9.53 Å². The van der Waals surface area contributed by atoms with Crippen molar-refractivity contribution >= 4 is 16.7 Å². The third kappa shape index (κ3) is 2.05. The van der Waals surface area contributed by atoms with Gasteiger partial charge in [0.05, 0.1) is 12.6 Å². The zero-order valence-corrected chi connectivity index (χ0v) is 10.7. The predicted molar refractivity (Wildman–Crippen MR) is 68.6 cm³/mol. The quantitative estimate of drug-likeness (QED) is 0.813. The van der Waals surface area contributed by atoms with Gasteiger partial charge in [0.25, 0.3) is 0 Å². The lowest BCUT2D eigenvalue weighted by Gasteiger charge is -2.06. The van der Waals surface area contributed by atoms with Gasteiger partial charge in [-0.05, 0) is 37.1 Å². The van der Waals surface area contributed by atoms with Gasteiger partial charge in [-0.2, -0.15) is 0 Å². The number of carbonyl (C=O) groups excluding carboxylic acids is 1. The highest BCUT2D eigenvalue weighted by Crippen LogP contribution is 2.31. The first-order chi connectivity index (χ1) is 8.02. The highest BCUT2D eigenvalue weighted by atomic mass is 16.5. The number of carbonyl (C=O) groups is 1. The van der Waals surface area contributed by atoms with Crippen LogP contribution in [0.5, 0.6) is 5.75 Å². The summed E-state index contributed by atoms with van der Waals surface area (Å²) in [4.78, 5) is 11.3. The maximum Gasteiger partial charge on any atom is 0.143 e. The molecule has 0 bridgehead atoms. The Morgan fingerprint density at radius 3 is 2.71 bits per heavy atom. The Balaban J connectivity index is 2.72. The van der Waals surface area contributed by atoms with Crippen LogP contribution in [0.3, 0.4) is 0 Å². The molecule has 0 radical (unpaired) electrons. The summed E-state index contributed by atoms with van der Waals surface area (Å²) >= 11 is 0. The van der Waals surface area contributed by atoms with Gasteiger partial charge in [0, 0.05) is 25.1 Å². The Bertz CT molecular complexity index is 581. The molecule has 2 rings (SSSR count). The number of benzene rings is 1. The first kappa shape index (κ1) is 11.7. The fourth-order valence-electron chi connectivity index (χ4n) is 2.29. The largest absolute Gasteiger partial charge is 0.495 e. The van der Waals surface area contributed by atoms with E-state index < -0.39 is 0 Å². The van der Waals surface area contributed by atoms with Gasteiger partial charge in [0.15, 0.2) is 0 Å². The average Bonchev–Trinajstić information content (AvgIpc) is 2.54. The minimum Gasteiger partial charge on any atom is -0.495 e. The van der Waals surface area contributed by atoms with Crippen LogP contribution in [0.4, 0.5) is 0 Å². The van der Waals surface area contributed by atoms with Crippen molar-refractivity contribution in [2.45, 2.75) is 20.3 Å². The lowest BCUT2D eigenvalue weighted by Crippen LogP contribution is -1.95. The Morgan fingerprint density at radius 1 is 1.41 bits per heavy atom. The van der Waals surface area contributed by atoms with E-state index >= 15 is 0 Å². The molecule has 0 N–H and O–H groups in total. The van der Waals surface area contributed by atoms with E-state index in [4.69, 9.17) is 4.74 Å². The lowest BCUT2D eigenvalue weighted by atomic mass is 10.1. The van der Waals surface area contributed by atoms with Crippen molar-refractivity contribution in [3.63, 3.8) is 0 Å². The third-order valence-electron chi connectivity index (χ3n) is 2.93. The molecular weight excluding hydrogens is 214 g/mol. The van der Waals surface area contributed by atoms with Crippen molar-refractivity contribution in [3.05, 3.63) is 29.5 Å². The van der Waals surface area contributed by atoms with Crippen LogP contribution in [0.2, 0.25) is 0 Å². The Kier molecular flexibility index (Phi) is 2.92. The molecule has 0 atom stereocenters. The molecule has 0 fully saturated rings. The van der Waals surface area contributed by atoms with E-state index in [1.807, 2.05) is 30.8 Å². The number of rotatable bonds is 3. The van der Waals surface area contributed by atoms with Crippen molar-refractivity contribution in [3.8, 4) is 5.75 Å². The Labute approximate surface area is 101 Å². The summed E-state index contributed by atoms with van der Waals surface area (Å²) in [6, 6.07) is 4.12. The normalized spacial score (nSPS) is 10.8. The molecule has 2 aromatic rings. The molecule has 1 aromatic heterocycles. The maximum absolute atomic E-state index is 11.3. The average molecular weight is 231 g/mol. The number of Topliss-reactive ketones (excluding diaryl/α,β-unsaturated/α-hetero) is 1. The number of fused-ring (bicyclic) bond motifs is 1. The number of hydrogen-bond donors (Lipinski definition) is 0. The van der Waals surface area contributed by atoms with E-state index in [1.54, 1.807) is 14.0 Å². The van der Waals surface area contributed by atoms with Gasteiger partial charge < -0.3 is 9.30 Å². The molecular formula is C14H17NO2. The van der Waals surface area contributed by atoms with Crippen molar-refractivity contribution in [2.24, 2.45) is 7.05 Å². The monoisotopic (exact) mass is 231 g/mol. The van der Waals surface area contributed by atoms with E-state index in [0.29, 0.717) is 6.42 Å². The maximum atomic E-state index is 11.3. The van der Waals surface area contributed by atoms with Crippen LogP contribution in [0.25, 0.3) is 10.9 Å². The second-order valence-electron chi connectivity index (χ2n) is 4.51. The summed E-state index contributed by atoms with van der Waals surface area (Å²) in [7, 11) is 3.65. The second-order valence-corrected chi connectivity index (χ2v) is 4.51. The molecule has 17 heavy (non-hydrogen) atoms. The third-order valence-corrected chi connectivity index (χ3v) is 2.93. The van der Waals surface area contributed by atoms with Crippen LogP contribution < -0.4 is 4.74 Å². The molecule has 3 nitrogen and oxygen atoms in total. The minimum absolute atomic E-state index is 0.179. The van der Waals surface area contributed by atoms with Gasteiger partial charge in [0.2, 0.25) is 0 Å². The number of aromatic nitrogens is 1. The zero-order valence-electron chi connectivity index (χ0n) is 10.7. The van der Waals surface area contributed by atoms with Gasteiger partial charge in [-0.3, -0.25) is 4.79 Å². The van der Waals surface area contributed by atoms with Crippen LogP contribution in [0.1, 0.15) is 18.1 Å². The molecule has 0 saturated heterocycles. The van der Waals surface area contributed by atoms with Crippen LogP contribution in [0, 0.1) is 6.92 Å². The summed E-state index contributed by atoms with van der Waals surface area (Å²) < 4.78 is 7.42. The molecule has 3 heteroatoms. The number of nitrogens with zero attached hydrogens (tertiary/aromatic N) is 1. The van der Waals surface area contributed by atoms with Gasteiger partial charge in [0.1, 0.15) is 11.5 Å². The van der Waals surface area contributed by atoms with E-state index in [-0.39, 0.29) is 5.78 Å². The van der Waals surface area contributed by atoms with Gasteiger partial charge in [-0.1, -0.05) is 0 Å². The van der Waals surface area contributed by atoms with E-state index in [0.717, 1.165) is 27.8 Å². The molecule has 0 aliphatic rings. The first-order valence-corrected chi connectivity index (χ1v) is 5.65. The summed E-state index contributed by atoms with van der Waals surface area (Å²) in [5, 5.41) is 1.11. The predicted octanol–water partition coefficient (Wildman–Crippen LogP) is 2.63. The number of methoxy groups -OCH3 is 1. The Hall–Kier alpha value is -1.77. The summed E-state index contributed by atoms with van der Waals surface area (Å²) in [6.45, 7) is 3.65. The van der Waals surface area contributed by atoms with Crippen molar-refractivity contribution in [1.29, 1.82) is 0 Å². The molecule has 0 spiro atoms. The SMILES string of the molecule is COc1cc(C)cc2c(CC(C)=O)cn(C)c12.